The first kappa shape index (κ1) is 19.0. The average Bonchev–Trinajstić information content (AvgIpc) is 2.87. The second-order valence-electron chi connectivity index (χ2n) is 5.50. The lowest BCUT2D eigenvalue weighted by atomic mass is 10.3. The summed E-state index contributed by atoms with van der Waals surface area (Å²) in [5, 5.41) is 7.69. The Morgan fingerprint density at radius 3 is 2.76 bits per heavy atom. The standard InChI is InChI=1S/C18H24N4O2S/c1-13-11-15(14(2)22(13)9-10-23-3)12-19-21-18(25)20-16-7-5-6-8-17(16)24-4/h5-8,11-12H,9-10H2,1-4H3,(H2,20,21,25). The van der Waals surface area contributed by atoms with Crippen LogP contribution in [0.15, 0.2) is 35.4 Å². The summed E-state index contributed by atoms with van der Waals surface area (Å²) >= 11 is 5.27. The molecule has 6 nitrogen and oxygen atoms in total. The number of benzene rings is 1. The van der Waals surface area contributed by atoms with Gasteiger partial charge in [-0.25, -0.2) is 0 Å². The Balaban J connectivity index is 1.97. The molecule has 0 saturated carbocycles. The Kier molecular flexibility index (Phi) is 6.97. The van der Waals surface area contributed by atoms with Gasteiger partial charge in [-0.15, -0.1) is 0 Å². The minimum absolute atomic E-state index is 0.397. The summed E-state index contributed by atoms with van der Waals surface area (Å²) in [5.74, 6) is 0.720. The highest BCUT2D eigenvalue weighted by atomic mass is 32.1. The molecule has 2 aromatic rings. The van der Waals surface area contributed by atoms with Gasteiger partial charge in [0, 0.05) is 30.6 Å². The highest BCUT2D eigenvalue weighted by Gasteiger charge is 2.07. The molecule has 2 N–H and O–H groups in total. The van der Waals surface area contributed by atoms with Crippen LogP contribution in [0.3, 0.4) is 0 Å². The lowest BCUT2D eigenvalue weighted by Gasteiger charge is -2.10. The van der Waals surface area contributed by atoms with Crippen LogP contribution in [0.1, 0.15) is 17.0 Å². The van der Waals surface area contributed by atoms with Gasteiger partial charge in [-0.05, 0) is 44.3 Å². The third-order valence-corrected chi connectivity index (χ3v) is 4.05. The van der Waals surface area contributed by atoms with Crippen LogP contribution < -0.4 is 15.5 Å². The third kappa shape index (κ3) is 5.04. The van der Waals surface area contributed by atoms with E-state index in [1.807, 2.05) is 24.3 Å². The first-order valence-corrected chi connectivity index (χ1v) is 8.36. The molecule has 2 rings (SSSR count). The van der Waals surface area contributed by atoms with Crippen molar-refractivity contribution in [2.24, 2.45) is 5.10 Å². The summed E-state index contributed by atoms with van der Waals surface area (Å²) in [6.07, 6.45) is 1.77. The van der Waals surface area contributed by atoms with Crippen LogP contribution in [0.2, 0.25) is 0 Å². The van der Waals surface area contributed by atoms with Gasteiger partial charge in [0.25, 0.3) is 0 Å². The van der Waals surface area contributed by atoms with Crippen molar-refractivity contribution in [1.29, 1.82) is 0 Å². The molecule has 0 unspecified atom stereocenters. The van der Waals surface area contributed by atoms with Crippen LogP contribution in [0.4, 0.5) is 5.69 Å². The van der Waals surface area contributed by atoms with E-state index in [2.05, 4.69) is 40.3 Å². The van der Waals surface area contributed by atoms with Gasteiger partial charge in [0.2, 0.25) is 0 Å². The van der Waals surface area contributed by atoms with Gasteiger partial charge < -0.3 is 19.4 Å². The van der Waals surface area contributed by atoms with E-state index in [4.69, 9.17) is 21.7 Å². The van der Waals surface area contributed by atoms with Crippen LogP contribution in [-0.4, -0.2) is 36.7 Å². The Morgan fingerprint density at radius 2 is 2.04 bits per heavy atom. The number of ether oxygens (including phenoxy) is 2. The summed E-state index contributed by atoms with van der Waals surface area (Å²) in [7, 11) is 3.32. The van der Waals surface area contributed by atoms with Crippen molar-refractivity contribution in [3.8, 4) is 5.75 Å². The second kappa shape index (κ2) is 9.19. The number of aryl methyl sites for hydroxylation is 1. The summed E-state index contributed by atoms with van der Waals surface area (Å²) < 4.78 is 12.6. The molecule has 1 aromatic carbocycles. The third-order valence-electron chi connectivity index (χ3n) is 3.86. The topological polar surface area (TPSA) is 59.8 Å². The molecule has 0 spiro atoms. The highest BCUT2D eigenvalue weighted by molar-refractivity contribution is 7.80. The second-order valence-corrected chi connectivity index (χ2v) is 5.90. The summed E-state index contributed by atoms with van der Waals surface area (Å²) in [5.41, 5.74) is 6.97. The molecule has 0 aliphatic rings. The first-order chi connectivity index (χ1) is 12.1. The van der Waals surface area contributed by atoms with Crippen LogP contribution in [0.5, 0.6) is 5.75 Å². The van der Waals surface area contributed by atoms with Gasteiger partial charge in [0.05, 0.1) is 25.6 Å². The van der Waals surface area contributed by atoms with Crippen molar-refractivity contribution >= 4 is 29.2 Å². The van der Waals surface area contributed by atoms with Gasteiger partial charge in [-0.1, -0.05) is 12.1 Å². The van der Waals surface area contributed by atoms with Crippen molar-refractivity contribution in [3.63, 3.8) is 0 Å². The molecule has 134 valence electrons. The molecular formula is C18H24N4O2S. The number of nitrogens with zero attached hydrogens (tertiary/aromatic N) is 2. The van der Waals surface area contributed by atoms with Crippen LogP contribution in [0.25, 0.3) is 0 Å². The number of hydrogen-bond acceptors (Lipinski definition) is 4. The van der Waals surface area contributed by atoms with E-state index in [1.165, 1.54) is 5.69 Å². The first-order valence-electron chi connectivity index (χ1n) is 7.95. The van der Waals surface area contributed by atoms with Crippen LogP contribution >= 0.6 is 12.2 Å². The smallest absolute Gasteiger partial charge is 0.191 e. The SMILES string of the molecule is COCCn1c(C)cc(C=NNC(=S)Nc2ccccc2OC)c1C. The largest absolute Gasteiger partial charge is 0.495 e. The number of anilines is 1. The minimum atomic E-state index is 0.397. The van der Waals surface area contributed by atoms with E-state index in [1.54, 1.807) is 20.4 Å². The van der Waals surface area contributed by atoms with E-state index < -0.39 is 0 Å². The molecule has 0 atom stereocenters. The lowest BCUT2D eigenvalue weighted by Crippen LogP contribution is -2.24. The number of hydrogen-bond donors (Lipinski definition) is 2. The fraction of sp³-hybridized carbons (Fsp3) is 0.333. The number of hydrazone groups is 1. The van der Waals surface area contributed by atoms with Crippen molar-refractivity contribution in [2.45, 2.75) is 20.4 Å². The molecule has 1 aromatic heterocycles. The maximum atomic E-state index is 5.28. The molecule has 0 amide bonds. The van der Waals surface area contributed by atoms with E-state index >= 15 is 0 Å². The zero-order valence-corrected chi connectivity index (χ0v) is 15.8. The predicted octanol–water partition coefficient (Wildman–Crippen LogP) is 3.08. The van der Waals surface area contributed by atoms with Gasteiger partial charge in [0.1, 0.15) is 5.75 Å². The molecule has 0 fully saturated rings. The Morgan fingerprint density at radius 1 is 1.28 bits per heavy atom. The van der Waals surface area contributed by atoms with Crippen molar-refractivity contribution in [1.82, 2.24) is 9.99 Å². The van der Waals surface area contributed by atoms with Crippen molar-refractivity contribution < 1.29 is 9.47 Å². The average molecular weight is 360 g/mol. The van der Waals surface area contributed by atoms with E-state index in [-0.39, 0.29) is 0 Å². The highest BCUT2D eigenvalue weighted by Crippen LogP contribution is 2.22. The minimum Gasteiger partial charge on any atom is -0.495 e. The van der Waals surface area contributed by atoms with E-state index in [0.717, 1.165) is 29.2 Å². The van der Waals surface area contributed by atoms with Gasteiger partial charge >= 0.3 is 0 Å². The Hall–Kier alpha value is -2.38. The summed E-state index contributed by atoms with van der Waals surface area (Å²) in [4.78, 5) is 0. The zero-order chi connectivity index (χ0) is 18.2. The normalized spacial score (nSPS) is 10.9. The van der Waals surface area contributed by atoms with Crippen LogP contribution in [0, 0.1) is 13.8 Å². The van der Waals surface area contributed by atoms with Crippen molar-refractivity contribution in [3.05, 3.63) is 47.3 Å². The van der Waals surface area contributed by atoms with Crippen molar-refractivity contribution in [2.75, 3.05) is 26.1 Å². The summed E-state index contributed by atoms with van der Waals surface area (Å²) in [6.45, 7) is 5.64. The van der Waals surface area contributed by atoms with Gasteiger partial charge in [-0.3, -0.25) is 5.43 Å². The molecule has 0 radical (unpaired) electrons. The maximum Gasteiger partial charge on any atom is 0.191 e. The molecule has 7 heteroatoms. The lowest BCUT2D eigenvalue weighted by molar-refractivity contribution is 0.186. The summed E-state index contributed by atoms with van der Waals surface area (Å²) in [6, 6.07) is 9.65. The maximum absolute atomic E-state index is 5.28. The number of rotatable bonds is 7. The fourth-order valence-corrected chi connectivity index (χ4v) is 2.71. The molecule has 0 saturated heterocycles. The number of methoxy groups -OCH3 is 2. The van der Waals surface area contributed by atoms with Gasteiger partial charge in [-0.2, -0.15) is 5.10 Å². The van der Waals surface area contributed by atoms with Gasteiger partial charge in [0.15, 0.2) is 5.11 Å². The van der Waals surface area contributed by atoms with Crippen LogP contribution in [-0.2, 0) is 11.3 Å². The molecule has 0 bridgehead atoms. The molecule has 25 heavy (non-hydrogen) atoms. The molecule has 0 aliphatic heterocycles. The fourth-order valence-electron chi connectivity index (χ4n) is 2.54. The number of para-hydroxylation sites is 2. The predicted molar refractivity (Wildman–Crippen MR) is 106 cm³/mol. The van der Waals surface area contributed by atoms with E-state index in [0.29, 0.717) is 11.7 Å². The monoisotopic (exact) mass is 360 g/mol. The zero-order valence-electron chi connectivity index (χ0n) is 15.0. The molecular weight excluding hydrogens is 336 g/mol. The quantitative estimate of drug-likeness (QED) is 0.451. The van der Waals surface area contributed by atoms with E-state index in [9.17, 15) is 0 Å². The Labute approximate surface area is 153 Å². The molecule has 0 aliphatic carbocycles. The molecule has 1 heterocycles. The number of nitrogens with one attached hydrogen (secondary N) is 2. The Bertz CT molecular complexity index is 756. The number of thiocarbonyl (C=S) groups is 1. The number of aromatic nitrogens is 1.